The van der Waals surface area contributed by atoms with Gasteiger partial charge in [0.25, 0.3) is 0 Å². The summed E-state index contributed by atoms with van der Waals surface area (Å²) < 4.78 is 0. The van der Waals surface area contributed by atoms with E-state index < -0.39 is 0 Å². The van der Waals surface area contributed by atoms with Gasteiger partial charge in [0.05, 0.1) is 0 Å². The molecule has 2 nitrogen and oxygen atoms in total. The Balaban J connectivity index is 2.20. The van der Waals surface area contributed by atoms with Crippen molar-refractivity contribution in [3.63, 3.8) is 0 Å². The first-order chi connectivity index (χ1) is 5.86. The van der Waals surface area contributed by atoms with Gasteiger partial charge in [-0.15, -0.1) is 0 Å². The molecule has 0 bridgehead atoms. The van der Waals surface area contributed by atoms with E-state index in [0.29, 0.717) is 0 Å². The van der Waals surface area contributed by atoms with Crippen molar-refractivity contribution in [3.05, 3.63) is 0 Å². The van der Waals surface area contributed by atoms with Gasteiger partial charge < -0.3 is 10.6 Å². The van der Waals surface area contributed by atoms with Gasteiger partial charge in [0.1, 0.15) is 0 Å². The zero-order valence-corrected chi connectivity index (χ0v) is 8.40. The quantitative estimate of drug-likeness (QED) is 0.668. The van der Waals surface area contributed by atoms with Crippen LogP contribution in [0.1, 0.15) is 39.5 Å². The van der Waals surface area contributed by atoms with Crippen LogP contribution in [0.3, 0.4) is 0 Å². The molecule has 1 rings (SSSR count). The summed E-state index contributed by atoms with van der Waals surface area (Å²) in [5, 5.41) is 7.18. The highest BCUT2D eigenvalue weighted by atomic mass is 15.1. The number of hydrogen-bond donors (Lipinski definition) is 2. The third-order valence-corrected chi connectivity index (χ3v) is 2.53. The molecule has 72 valence electrons. The molecule has 2 heteroatoms. The Morgan fingerprint density at radius 1 is 1.00 bits per heavy atom. The van der Waals surface area contributed by atoms with E-state index in [0.717, 1.165) is 25.2 Å². The fourth-order valence-corrected chi connectivity index (χ4v) is 1.95. The number of hydrogen-bond acceptors (Lipinski definition) is 2. The minimum Gasteiger partial charge on any atom is -0.314 e. The minimum atomic E-state index is 0.722. The largest absolute Gasteiger partial charge is 0.314 e. The zero-order valence-electron chi connectivity index (χ0n) is 8.40. The molecular formula is C10H22N2. The van der Waals surface area contributed by atoms with Crippen molar-refractivity contribution in [1.82, 2.24) is 10.6 Å². The van der Waals surface area contributed by atoms with Crippen LogP contribution in [0, 0.1) is 0 Å². The SMILES string of the molecule is CCCC1CNCC(CCC)N1. The molecule has 1 heterocycles. The summed E-state index contributed by atoms with van der Waals surface area (Å²) in [5.41, 5.74) is 0. The van der Waals surface area contributed by atoms with E-state index >= 15 is 0 Å². The molecule has 0 radical (unpaired) electrons. The highest BCUT2D eigenvalue weighted by molar-refractivity contribution is 4.82. The predicted octanol–water partition coefficient (Wildman–Crippen LogP) is 1.52. The summed E-state index contributed by atoms with van der Waals surface area (Å²) in [5.74, 6) is 0. The molecular weight excluding hydrogens is 148 g/mol. The molecule has 0 aromatic carbocycles. The number of nitrogens with one attached hydrogen (secondary N) is 2. The maximum atomic E-state index is 3.69. The van der Waals surface area contributed by atoms with Crippen LogP contribution in [0.2, 0.25) is 0 Å². The van der Waals surface area contributed by atoms with Crippen molar-refractivity contribution >= 4 is 0 Å². The fraction of sp³-hybridized carbons (Fsp3) is 1.00. The Labute approximate surface area is 76.1 Å². The van der Waals surface area contributed by atoms with Crippen LogP contribution in [0.25, 0.3) is 0 Å². The lowest BCUT2D eigenvalue weighted by Gasteiger charge is -2.31. The second kappa shape index (κ2) is 5.55. The van der Waals surface area contributed by atoms with Gasteiger partial charge in [-0.3, -0.25) is 0 Å². The first kappa shape index (κ1) is 10.0. The van der Waals surface area contributed by atoms with Gasteiger partial charge in [-0.05, 0) is 12.8 Å². The summed E-state index contributed by atoms with van der Waals surface area (Å²) in [4.78, 5) is 0. The van der Waals surface area contributed by atoms with Crippen molar-refractivity contribution in [2.24, 2.45) is 0 Å². The minimum absolute atomic E-state index is 0.722. The van der Waals surface area contributed by atoms with Crippen LogP contribution in [0.15, 0.2) is 0 Å². The topological polar surface area (TPSA) is 24.1 Å². The first-order valence-corrected chi connectivity index (χ1v) is 5.33. The Kier molecular flexibility index (Phi) is 4.62. The molecule has 0 saturated carbocycles. The van der Waals surface area contributed by atoms with Crippen LogP contribution in [0.5, 0.6) is 0 Å². The molecule has 0 spiro atoms. The molecule has 1 saturated heterocycles. The monoisotopic (exact) mass is 170 g/mol. The Hall–Kier alpha value is -0.0800. The van der Waals surface area contributed by atoms with E-state index in [-0.39, 0.29) is 0 Å². The smallest absolute Gasteiger partial charge is 0.0195 e. The van der Waals surface area contributed by atoms with E-state index in [4.69, 9.17) is 0 Å². The number of piperazine rings is 1. The van der Waals surface area contributed by atoms with E-state index in [1.165, 1.54) is 25.7 Å². The maximum absolute atomic E-state index is 3.69. The van der Waals surface area contributed by atoms with Gasteiger partial charge >= 0.3 is 0 Å². The Bertz CT molecular complexity index is 98.4. The molecule has 2 unspecified atom stereocenters. The van der Waals surface area contributed by atoms with E-state index in [1.54, 1.807) is 0 Å². The van der Waals surface area contributed by atoms with Gasteiger partial charge in [-0.25, -0.2) is 0 Å². The molecule has 0 amide bonds. The maximum Gasteiger partial charge on any atom is 0.0195 e. The third-order valence-electron chi connectivity index (χ3n) is 2.53. The molecule has 2 atom stereocenters. The second-order valence-corrected chi connectivity index (χ2v) is 3.80. The normalized spacial score (nSPS) is 30.5. The summed E-state index contributed by atoms with van der Waals surface area (Å²) in [6.45, 7) is 6.83. The lowest BCUT2D eigenvalue weighted by atomic mass is 10.0. The van der Waals surface area contributed by atoms with E-state index in [2.05, 4.69) is 24.5 Å². The van der Waals surface area contributed by atoms with Crippen LogP contribution < -0.4 is 10.6 Å². The van der Waals surface area contributed by atoms with Gasteiger partial charge in [0, 0.05) is 25.2 Å². The van der Waals surface area contributed by atoms with Crippen molar-refractivity contribution in [1.29, 1.82) is 0 Å². The average Bonchev–Trinajstić information content (AvgIpc) is 2.06. The van der Waals surface area contributed by atoms with Crippen LogP contribution in [-0.2, 0) is 0 Å². The van der Waals surface area contributed by atoms with Crippen molar-refractivity contribution in [2.75, 3.05) is 13.1 Å². The number of rotatable bonds is 4. The lowest BCUT2D eigenvalue weighted by Crippen LogP contribution is -2.54. The fourth-order valence-electron chi connectivity index (χ4n) is 1.95. The molecule has 0 aliphatic carbocycles. The third kappa shape index (κ3) is 3.11. The highest BCUT2D eigenvalue weighted by Crippen LogP contribution is 2.05. The van der Waals surface area contributed by atoms with E-state index in [9.17, 15) is 0 Å². The summed E-state index contributed by atoms with van der Waals surface area (Å²) in [6.07, 6.45) is 5.21. The van der Waals surface area contributed by atoms with Gasteiger partial charge in [0.15, 0.2) is 0 Å². The summed E-state index contributed by atoms with van der Waals surface area (Å²) >= 11 is 0. The average molecular weight is 170 g/mol. The van der Waals surface area contributed by atoms with Crippen molar-refractivity contribution in [3.8, 4) is 0 Å². The van der Waals surface area contributed by atoms with Crippen LogP contribution in [0.4, 0.5) is 0 Å². The predicted molar refractivity (Wildman–Crippen MR) is 53.4 cm³/mol. The van der Waals surface area contributed by atoms with Gasteiger partial charge in [-0.2, -0.15) is 0 Å². The summed E-state index contributed by atoms with van der Waals surface area (Å²) in [7, 11) is 0. The Morgan fingerprint density at radius 2 is 1.50 bits per heavy atom. The standard InChI is InChI=1S/C10H22N2/c1-3-5-9-7-11-8-10(12-9)6-4-2/h9-12H,3-8H2,1-2H3. The van der Waals surface area contributed by atoms with Gasteiger partial charge in [0.2, 0.25) is 0 Å². The van der Waals surface area contributed by atoms with Crippen LogP contribution in [-0.4, -0.2) is 25.2 Å². The molecule has 2 N–H and O–H groups in total. The molecule has 1 fully saturated rings. The first-order valence-electron chi connectivity index (χ1n) is 5.33. The van der Waals surface area contributed by atoms with Crippen molar-refractivity contribution in [2.45, 2.75) is 51.6 Å². The van der Waals surface area contributed by atoms with Crippen LogP contribution >= 0.6 is 0 Å². The second-order valence-electron chi connectivity index (χ2n) is 3.80. The van der Waals surface area contributed by atoms with E-state index in [1.807, 2.05) is 0 Å². The van der Waals surface area contributed by atoms with Crippen molar-refractivity contribution < 1.29 is 0 Å². The molecule has 1 aliphatic rings. The molecule has 0 aromatic rings. The summed E-state index contributed by atoms with van der Waals surface area (Å²) in [6, 6.07) is 1.44. The van der Waals surface area contributed by atoms with Gasteiger partial charge in [-0.1, -0.05) is 26.7 Å². The Morgan fingerprint density at radius 3 is 1.92 bits per heavy atom. The molecule has 0 aromatic heterocycles. The molecule has 12 heavy (non-hydrogen) atoms. The zero-order chi connectivity index (χ0) is 8.81. The highest BCUT2D eigenvalue weighted by Gasteiger charge is 2.18. The molecule has 1 aliphatic heterocycles. The lowest BCUT2D eigenvalue weighted by molar-refractivity contribution is 0.311.